The fourth-order valence-corrected chi connectivity index (χ4v) is 12.0. The molecular weight excluding hydrogens is 864 g/mol. The van der Waals surface area contributed by atoms with Crippen LogP contribution in [0.15, 0.2) is 113 Å². The second kappa shape index (κ2) is 13.9. The number of phenolic OH excluding ortho intramolecular Hbond substituents is 1. The van der Waals surface area contributed by atoms with Crippen LogP contribution in [0.2, 0.25) is 5.02 Å². The molecule has 13 heteroatoms. The fraction of sp³-hybridized carbons (Fsp3) is 0.234. The molecule has 6 aromatic rings. The summed E-state index contributed by atoms with van der Waals surface area (Å²) in [5, 5.41) is 17.9. The molecule has 1 N–H and O–H groups in total. The Bertz CT molecular complexity index is 2910. The van der Waals surface area contributed by atoms with Gasteiger partial charge in [-0.15, -0.1) is 11.3 Å². The van der Waals surface area contributed by atoms with Crippen LogP contribution in [0.3, 0.4) is 0 Å². The van der Waals surface area contributed by atoms with Gasteiger partial charge in [0.25, 0.3) is 0 Å². The highest BCUT2D eigenvalue weighted by Crippen LogP contribution is 2.64. The van der Waals surface area contributed by atoms with E-state index in [1.807, 2.05) is 37.3 Å². The Kier molecular flexibility index (Phi) is 8.94. The van der Waals surface area contributed by atoms with Gasteiger partial charge in [0.15, 0.2) is 5.78 Å². The second-order valence-electron chi connectivity index (χ2n) is 16.3. The molecule has 4 aliphatic rings. The normalized spacial score (nSPS) is 24.8. The first-order valence-electron chi connectivity index (χ1n) is 19.6. The van der Waals surface area contributed by atoms with Crippen LogP contribution in [0, 0.1) is 36.0 Å². The van der Waals surface area contributed by atoms with E-state index in [1.54, 1.807) is 103 Å². The van der Waals surface area contributed by atoms with Crippen molar-refractivity contribution in [1.29, 1.82) is 0 Å². The number of anilines is 2. The van der Waals surface area contributed by atoms with Gasteiger partial charge in [-0.25, -0.2) is 4.90 Å². The van der Waals surface area contributed by atoms with Crippen molar-refractivity contribution >= 4 is 89.9 Å². The summed E-state index contributed by atoms with van der Waals surface area (Å²) in [4.78, 5) is 75.6. The largest absolute Gasteiger partial charge is 0.508 e. The zero-order valence-corrected chi connectivity index (χ0v) is 35.7. The number of imide groups is 2. The summed E-state index contributed by atoms with van der Waals surface area (Å²) in [6.07, 6.45) is 2.34. The quantitative estimate of drug-likeness (QED) is 0.100. The number of amides is 4. The summed E-state index contributed by atoms with van der Waals surface area (Å²) < 4.78 is 3.25. The lowest BCUT2D eigenvalue weighted by Crippen LogP contribution is -2.49. The molecule has 300 valence electrons. The molecule has 4 amide bonds. The summed E-state index contributed by atoms with van der Waals surface area (Å²) >= 11 is 11.4. The van der Waals surface area contributed by atoms with E-state index in [9.17, 15) is 24.3 Å². The molecule has 2 aliphatic carbocycles. The predicted octanol–water partition coefficient (Wildman–Crippen LogP) is 9.40. The smallest absolute Gasteiger partial charge is 0.242 e. The highest BCUT2D eigenvalue weighted by molar-refractivity contribution is 9.10. The van der Waals surface area contributed by atoms with Gasteiger partial charge in [0.2, 0.25) is 23.6 Å². The van der Waals surface area contributed by atoms with Gasteiger partial charge in [-0.2, -0.15) is 5.10 Å². The van der Waals surface area contributed by atoms with Crippen LogP contribution in [0.4, 0.5) is 11.5 Å². The number of halogens is 2. The SMILES string of the molecule is Cc1c(-c2cc(N3C(=O)[C@@H]4C[C@@H]5C(=CC[C@@H]6C(=O)N(c7ccc(C(=O)c8ccccc8)cc7)C(=O)[C@@H]65)[C@H](c5cc(Br)ccc5O)[C@]4(C)C3=O)n(C)n2)sc2ccc(Cl)cc12. The van der Waals surface area contributed by atoms with E-state index in [4.69, 9.17) is 16.7 Å². The molecule has 1 saturated carbocycles. The average molecular weight is 900 g/mol. The Morgan fingerprint density at radius 3 is 2.37 bits per heavy atom. The third-order valence-corrected chi connectivity index (χ3v) is 15.2. The summed E-state index contributed by atoms with van der Waals surface area (Å²) in [6, 6.07) is 27.9. The highest BCUT2D eigenvalue weighted by Gasteiger charge is 2.68. The minimum Gasteiger partial charge on any atom is -0.508 e. The number of aromatic nitrogens is 2. The van der Waals surface area contributed by atoms with Gasteiger partial charge >= 0.3 is 0 Å². The minimum absolute atomic E-state index is 0.0469. The molecule has 6 atom stereocenters. The molecule has 60 heavy (non-hydrogen) atoms. The van der Waals surface area contributed by atoms with E-state index in [-0.39, 0.29) is 30.3 Å². The first-order valence-corrected chi connectivity index (χ1v) is 21.6. The number of carbonyl (C=O) groups excluding carboxylic acids is 5. The number of aromatic hydroxyl groups is 1. The first kappa shape index (κ1) is 38.5. The van der Waals surface area contributed by atoms with Crippen molar-refractivity contribution in [3.05, 3.63) is 140 Å². The van der Waals surface area contributed by atoms with Crippen molar-refractivity contribution in [3.8, 4) is 16.3 Å². The van der Waals surface area contributed by atoms with Crippen LogP contribution in [0.5, 0.6) is 5.75 Å². The number of ketones is 1. The maximum atomic E-state index is 15.2. The number of phenols is 1. The maximum absolute atomic E-state index is 15.2. The number of aryl methyl sites for hydroxylation is 2. The first-order chi connectivity index (χ1) is 28.8. The number of rotatable bonds is 6. The third kappa shape index (κ3) is 5.57. The molecule has 2 aromatic heterocycles. The van der Waals surface area contributed by atoms with E-state index < -0.39 is 52.7 Å². The number of benzene rings is 4. The van der Waals surface area contributed by atoms with Crippen LogP contribution in [0.25, 0.3) is 20.7 Å². The number of carbonyl (C=O) groups is 5. The Labute approximate surface area is 362 Å². The number of hydrogen-bond acceptors (Lipinski definition) is 8. The van der Waals surface area contributed by atoms with E-state index in [1.165, 1.54) is 9.80 Å². The lowest BCUT2D eigenvalue weighted by atomic mass is 9.51. The number of allylic oxidation sites excluding steroid dienone is 2. The van der Waals surface area contributed by atoms with Crippen LogP contribution < -0.4 is 9.80 Å². The van der Waals surface area contributed by atoms with Crippen LogP contribution in [-0.4, -0.2) is 44.3 Å². The zero-order chi connectivity index (χ0) is 41.9. The summed E-state index contributed by atoms with van der Waals surface area (Å²) in [6.45, 7) is 3.78. The molecule has 3 fully saturated rings. The average Bonchev–Trinajstić information content (AvgIpc) is 3.92. The molecule has 2 aliphatic heterocycles. The van der Waals surface area contributed by atoms with Gasteiger partial charge in [0.1, 0.15) is 17.3 Å². The van der Waals surface area contributed by atoms with Crippen LogP contribution in [-0.2, 0) is 26.2 Å². The van der Waals surface area contributed by atoms with Crippen LogP contribution in [0.1, 0.15) is 52.7 Å². The Balaban J connectivity index is 1.03. The molecule has 2 saturated heterocycles. The number of thiophene rings is 1. The monoisotopic (exact) mass is 898 g/mol. The Morgan fingerprint density at radius 2 is 1.62 bits per heavy atom. The van der Waals surface area contributed by atoms with Crippen molar-refractivity contribution in [3.63, 3.8) is 0 Å². The van der Waals surface area contributed by atoms with Crippen molar-refractivity contribution in [1.82, 2.24) is 9.78 Å². The maximum Gasteiger partial charge on any atom is 0.242 e. The van der Waals surface area contributed by atoms with Gasteiger partial charge in [-0.05, 0) is 104 Å². The topological polar surface area (TPSA) is 130 Å². The molecule has 10 rings (SSSR count). The Hall–Kier alpha value is -5.69. The molecular formula is C47H36BrClN4O6S. The van der Waals surface area contributed by atoms with Crippen LogP contribution >= 0.6 is 38.9 Å². The van der Waals surface area contributed by atoms with E-state index >= 15 is 4.79 Å². The lowest BCUT2D eigenvalue weighted by Gasteiger charge is -2.49. The van der Waals surface area contributed by atoms with Gasteiger partial charge in [-0.3, -0.25) is 33.6 Å². The number of hydrogen-bond donors (Lipinski definition) is 1. The highest BCUT2D eigenvalue weighted by atomic mass is 79.9. The summed E-state index contributed by atoms with van der Waals surface area (Å²) in [5.41, 5.74) is 2.73. The standard InChI is InChI=1S/C47H36BrClN4O6S/c1-23-31-20-27(49)12-18-37(31)60-42(23)35-22-38(51(3)50-35)53-44(57)34-21-32-29(40(47(34,2)46(53)59)33-19-26(48)11-17-36(33)54)15-16-30-39(32)45(58)52(43(30)56)28-13-9-25(10-14-28)41(55)24-7-5-4-6-8-24/h4-15,17-20,22,30,32,34,39-40,54H,16,21H2,1-3H3/t30-,32+,34-,39-,40+,47+/m0/s1. The van der Waals surface area contributed by atoms with Gasteiger partial charge in [0.05, 0.1) is 33.7 Å². The van der Waals surface area contributed by atoms with E-state index in [0.717, 1.165) is 26.1 Å². The molecule has 10 nitrogen and oxygen atoms in total. The Morgan fingerprint density at radius 1 is 0.883 bits per heavy atom. The van der Waals surface area contributed by atoms with Gasteiger partial charge < -0.3 is 5.11 Å². The molecule has 4 aromatic carbocycles. The fourth-order valence-electron chi connectivity index (χ4n) is 10.3. The minimum atomic E-state index is -1.37. The van der Waals surface area contributed by atoms with Crippen molar-refractivity contribution in [2.75, 3.05) is 9.80 Å². The van der Waals surface area contributed by atoms with Gasteiger partial charge in [0, 0.05) is 49.9 Å². The lowest BCUT2D eigenvalue weighted by molar-refractivity contribution is -0.131. The molecule has 0 radical (unpaired) electrons. The molecule has 4 heterocycles. The number of fused-ring (bicyclic) bond motifs is 5. The van der Waals surface area contributed by atoms with E-state index in [2.05, 4.69) is 15.9 Å². The van der Waals surface area contributed by atoms with Crippen molar-refractivity contribution in [2.24, 2.45) is 36.1 Å². The van der Waals surface area contributed by atoms with Gasteiger partial charge in [-0.1, -0.05) is 69.5 Å². The van der Waals surface area contributed by atoms with E-state index in [0.29, 0.717) is 43.4 Å². The second-order valence-corrected chi connectivity index (χ2v) is 18.7. The molecule has 0 bridgehead atoms. The van der Waals surface area contributed by atoms with Crippen molar-refractivity contribution < 1.29 is 29.1 Å². The third-order valence-electron chi connectivity index (χ3n) is 13.2. The summed E-state index contributed by atoms with van der Waals surface area (Å²) in [7, 11) is 1.70. The van der Waals surface area contributed by atoms with Crippen molar-refractivity contribution in [2.45, 2.75) is 32.6 Å². The number of nitrogens with zero attached hydrogens (tertiary/aromatic N) is 4. The predicted molar refractivity (Wildman–Crippen MR) is 233 cm³/mol. The molecule has 0 unspecified atom stereocenters. The molecule has 0 spiro atoms. The summed E-state index contributed by atoms with van der Waals surface area (Å²) in [5.74, 6) is -5.31. The zero-order valence-electron chi connectivity index (χ0n) is 32.6.